The predicted molar refractivity (Wildman–Crippen MR) is 52.5 cm³/mol. The Hall–Kier alpha value is -1.13. The van der Waals surface area contributed by atoms with E-state index in [1.54, 1.807) is 0 Å². The molecule has 1 fully saturated rings. The minimum Gasteiger partial charge on any atom is -0.471 e. The standard InChI is InChI=1S/C11H14O4/c12-5-9-6-13-7-10(9)8-15-11-3-1-2-4-14-11/h5-7,11H,1-4,8H2. The van der Waals surface area contributed by atoms with E-state index in [4.69, 9.17) is 13.9 Å². The number of aldehydes is 1. The molecule has 15 heavy (non-hydrogen) atoms. The molecule has 1 unspecified atom stereocenters. The lowest BCUT2D eigenvalue weighted by Gasteiger charge is -2.22. The predicted octanol–water partition coefficient (Wildman–Crippen LogP) is 2.14. The molecule has 4 nitrogen and oxygen atoms in total. The molecule has 0 amide bonds. The lowest BCUT2D eigenvalue weighted by atomic mass is 10.2. The van der Waals surface area contributed by atoms with Gasteiger partial charge in [-0.1, -0.05) is 0 Å². The summed E-state index contributed by atoms with van der Waals surface area (Å²) in [5.74, 6) is 0. The highest BCUT2D eigenvalue weighted by Crippen LogP contribution is 2.17. The first-order valence-corrected chi connectivity index (χ1v) is 5.13. The third-order valence-corrected chi connectivity index (χ3v) is 2.47. The van der Waals surface area contributed by atoms with E-state index in [1.165, 1.54) is 12.5 Å². The largest absolute Gasteiger partial charge is 0.471 e. The second kappa shape index (κ2) is 5.09. The maximum atomic E-state index is 10.6. The normalized spacial score (nSPS) is 21.5. The Morgan fingerprint density at radius 3 is 3.13 bits per heavy atom. The van der Waals surface area contributed by atoms with Gasteiger partial charge in [-0.25, -0.2) is 0 Å². The van der Waals surface area contributed by atoms with Crippen LogP contribution >= 0.6 is 0 Å². The van der Waals surface area contributed by atoms with Gasteiger partial charge in [-0.2, -0.15) is 0 Å². The van der Waals surface area contributed by atoms with Crippen molar-refractivity contribution in [1.82, 2.24) is 0 Å². The molecular formula is C11H14O4. The quantitative estimate of drug-likeness (QED) is 0.714. The molecule has 0 aliphatic carbocycles. The maximum absolute atomic E-state index is 10.6. The highest BCUT2D eigenvalue weighted by molar-refractivity contribution is 5.76. The average Bonchev–Trinajstić information content (AvgIpc) is 2.75. The van der Waals surface area contributed by atoms with Crippen molar-refractivity contribution < 1.29 is 18.7 Å². The van der Waals surface area contributed by atoms with Crippen LogP contribution in [0.3, 0.4) is 0 Å². The molecule has 4 heteroatoms. The van der Waals surface area contributed by atoms with Crippen LogP contribution in [0.5, 0.6) is 0 Å². The SMILES string of the molecule is O=Cc1cocc1COC1CCCCO1. The van der Waals surface area contributed by atoms with Crippen LogP contribution in [0.4, 0.5) is 0 Å². The zero-order valence-corrected chi connectivity index (χ0v) is 8.48. The van der Waals surface area contributed by atoms with Crippen molar-refractivity contribution in [3.63, 3.8) is 0 Å². The minimum atomic E-state index is -0.131. The Balaban J connectivity index is 1.84. The summed E-state index contributed by atoms with van der Waals surface area (Å²) in [7, 11) is 0. The Bertz CT molecular complexity index is 312. The molecular weight excluding hydrogens is 196 g/mol. The van der Waals surface area contributed by atoms with E-state index in [9.17, 15) is 4.79 Å². The molecule has 1 aromatic heterocycles. The summed E-state index contributed by atoms with van der Waals surface area (Å²) >= 11 is 0. The molecule has 0 N–H and O–H groups in total. The number of hydrogen-bond acceptors (Lipinski definition) is 4. The van der Waals surface area contributed by atoms with Crippen LogP contribution in [0, 0.1) is 0 Å². The summed E-state index contributed by atoms with van der Waals surface area (Å²) in [5, 5.41) is 0. The lowest BCUT2D eigenvalue weighted by Crippen LogP contribution is -2.22. The molecule has 0 spiro atoms. The number of carbonyl (C=O) groups is 1. The minimum absolute atomic E-state index is 0.131. The van der Waals surface area contributed by atoms with Crippen LogP contribution in [0.2, 0.25) is 0 Å². The van der Waals surface area contributed by atoms with E-state index < -0.39 is 0 Å². The van der Waals surface area contributed by atoms with Gasteiger partial charge in [-0.05, 0) is 19.3 Å². The Kier molecular flexibility index (Phi) is 3.53. The summed E-state index contributed by atoms with van der Waals surface area (Å²) < 4.78 is 15.9. The van der Waals surface area contributed by atoms with Crippen molar-refractivity contribution in [1.29, 1.82) is 0 Å². The van der Waals surface area contributed by atoms with Crippen molar-refractivity contribution in [2.75, 3.05) is 6.61 Å². The third-order valence-electron chi connectivity index (χ3n) is 2.47. The molecule has 1 aliphatic heterocycles. The fourth-order valence-corrected chi connectivity index (χ4v) is 1.58. The molecule has 0 bridgehead atoms. The number of carbonyl (C=O) groups excluding carboxylic acids is 1. The Morgan fingerprint density at radius 1 is 1.47 bits per heavy atom. The highest BCUT2D eigenvalue weighted by atomic mass is 16.7. The summed E-state index contributed by atoms with van der Waals surface area (Å²) in [5.41, 5.74) is 1.32. The first kappa shape index (κ1) is 10.4. The fraction of sp³-hybridized carbons (Fsp3) is 0.545. The fourth-order valence-electron chi connectivity index (χ4n) is 1.58. The summed E-state index contributed by atoms with van der Waals surface area (Å²) in [4.78, 5) is 10.6. The van der Waals surface area contributed by atoms with Crippen molar-refractivity contribution in [3.05, 3.63) is 23.7 Å². The topological polar surface area (TPSA) is 48.7 Å². The maximum Gasteiger partial charge on any atom is 0.158 e. The molecule has 0 saturated carbocycles. The molecule has 82 valence electrons. The van der Waals surface area contributed by atoms with Crippen LogP contribution in [-0.4, -0.2) is 19.2 Å². The van der Waals surface area contributed by atoms with Crippen molar-refractivity contribution in [2.24, 2.45) is 0 Å². The number of furan rings is 1. The second-order valence-electron chi connectivity index (χ2n) is 3.58. The van der Waals surface area contributed by atoms with Gasteiger partial charge in [0, 0.05) is 12.2 Å². The van der Waals surface area contributed by atoms with Gasteiger partial charge >= 0.3 is 0 Å². The van der Waals surface area contributed by atoms with Gasteiger partial charge in [0.1, 0.15) is 6.26 Å². The average molecular weight is 210 g/mol. The first-order valence-electron chi connectivity index (χ1n) is 5.13. The van der Waals surface area contributed by atoms with Crippen LogP contribution < -0.4 is 0 Å². The Morgan fingerprint density at radius 2 is 2.40 bits per heavy atom. The van der Waals surface area contributed by atoms with Gasteiger partial charge in [0.15, 0.2) is 12.6 Å². The highest BCUT2D eigenvalue weighted by Gasteiger charge is 2.15. The molecule has 1 aliphatic rings. The van der Waals surface area contributed by atoms with E-state index in [1.807, 2.05) is 0 Å². The summed E-state index contributed by atoms with van der Waals surface area (Å²) in [6.45, 7) is 1.13. The zero-order chi connectivity index (χ0) is 10.5. The van der Waals surface area contributed by atoms with Crippen LogP contribution in [0.1, 0.15) is 35.2 Å². The van der Waals surface area contributed by atoms with E-state index >= 15 is 0 Å². The number of hydrogen-bond donors (Lipinski definition) is 0. The van der Waals surface area contributed by atoms with E-state index in [0.717, 1.165) is 37.7 Å². The molecule has 0 aromatic carbocycles. The van der Waals surface area contributed by atoms with E-state index in [2.05, 4.69) is 0 Å². The van der Waals surface area contributed by atoms with Gasteiger partial charge in [0.05, 0.1) is 18.4 Å². The first-order chi connectivity index (χ1) is 7.40. The summed E-state index contributed by atoms with van der Waals surface area (Å²) in [6, 6.07) is 0. The number of rotatable bonds is 4. The van der Waals surface area contributed by atoms with Gasteiger partial charge in [0.2, 0.25) is 0 Å². The molecule has 1 aromatic rings. The number of ether oxygens (including phenoxy) is 2. The molecule has 2 heterocycles. The van der Waals surface area contributed by atoms with Gasteiger partial charge < -0.3 is 13.9 Å². The van der Waals surface area contributed by atoms with Gasteiger partial charge in [0.25, 0.3) is 0 Å². The molecule has 2 rings (SSSR count). The Labute approximate surface area is 88.2 Å². The van der Waals surface area contributed by atoms with Gasteiger partial charge in [-0.15, -0.1) is 0 Å². The van der Waals surface area contributed by atoms with E-state index in [-0.39, 0.29) is 6.29 Å². The van der Waals surface area contributed by atoms with Crippen molar-refractivity contribution >= 4 is 6.29 Å². The lowest BCUT2D eigenvalue weighted by molar-refractivity contribution is -0.169. The van der Waals surface area contributed by atoms with Gasteiger partial charge in [-0.3, -0.25) is 4.79 Å². The molecule has 0 radical (unpaired) electrons. The van der Waals surface area contributed by atoms with Crippen LogP contribution in [0.25, 0.3) is 0 Å². The van der Waals surface area contributed by atoms with Crippen LogP contribution in [0.15, 0.2) is 16.9 Å². The summed E-state index contributed by atoms with van der Waals surface area (Å²) in [6.07, 6.45) is 6.76. The monoisotopic (exact) mass is 210 g/mol. The van der Waals surface area contributed by atoms with Crippen molar-refractivity contribution in [3.8, 4) is 0 Å². The molecule has 1 atom stereocenters. The zero-order valence-electron chi connectivity index (χ0n) is 8.48. The van der Waals surface area contributed by atoms with E-state index in [0.29, 0.717) is 12.2 Å². The second-order valence-corrected chi connectivity index (χ2v) is 3.58. The molecule has 1 saturated heterocycles. The smallest absolute Gasteiger partial charge is 0.158 e. The van der Waals surface area contributed by atoms with Crippen molar-refractivity contribution in [2.45, 2.75) is 32.2 Å². The third kappa shape index (κ3) is 2.67. The van der Waals surface area contributed by atoms with Crippen LogP contribution in [-0.2, 0) is 16.1 Å².